The quantitative estimate of drug-likeness (QED) is 0.123. The van der Waals surface area contributed by atoms with Crippen LogP contribution in [-0.2, 0) is 4.74 Å². The van der Waals surface area contributed by atoms with Crippen LogP contribution in [0.3, 0.4) is 0 Å². The third-order valence-electron chi connectivity index (χ3n) is 4.22. The number of rotatable bonds is 5. The van der Waals surface area contributed by atoms with Gasteiger partial charge in [-0.05, 0) is 6.42 Å². The Hall–Kier alpha value is -2.51. The minimum Gasteiger partial charge on any atom is -0.396 e. The molecule has 1 aliphatic rings. The molecule has 11 N–H and O–H groups in total. The van der Waals surface area contributed by atoms with Crippen LogP contribution in [0, 0.1) is 5.41 Å². The van der Waals surface area contributed by atoms with Crippen molar-refractivity contribution in [2.45, 2.75) is 31.0 Å². The van der Waals surface area contributed by atoms with Crippen molar-refractivity contribution in [2.24, 2.45) is 11.6 Å². The largest absolute Gasteiger partial charge is 0.396 e. The zero-order valence-electron chi connectivity index (χ0n) is 13.1. The minimum absolute atomic E-state index is 0.0744. The highest BCUT2D eigenvalue weighted by molar-refractivity contribution is 6.14. The van der Waals surface area contributed by atoms with Crippen LogP contribution in [0.5, 0.6) is 0 Å². The molecule has 1 aliphatic heterocycles. The fourth-order valence-electron chi connectivity index (χ4n) is 3.12. The first-order chi connectivity index (χ1) is 11.9. The van der Waals surface area contributed by atoms with E-state index in [1.54, 1.807) is 0 Å². The molecule has 0 saturated carbocycles. The standard InChI is InChI=1S/C13H20N8O4/c14-9(15)5-6-10(16)18-3-19-11(6)21(12(5)20-17)13-8(24)7(23)4(25-13)1-2-22/h3-4,7-8,13,20,22-24H,1-2,17H2,(H3,14,15)(H2,16,18,19)/t4-,7-,8-,13-/m1/s1. The maximum atomic E-state index is 10.4. The number of anilines is 2. The summed E-state index contributed by atoms with van der Waals surface area (Å²) in [5.74, 6) is 5.47. The van der Waals surface area contributed by atoms with E-state index in [4.69, 9.17) is 32.6 Å². The predicted molar refractivity (Wildman–Crippen MR) is 88.4 cm³/mol. The summed E-state index contributed by atoms with van der Waals surface area (Å²) in [6.07, 6.45) is -3.07. The van der Waals surface area contributed by atoms with Crippen molar-refractivity contribution in [2.75, 3.05) is 17.8 Å². The average Bonchev–Trinajstić information content (AvgIpc) is 3.05. The first-order valence-electron chi connectivity index (χ1n) is 7.50. The molecule has 2 aromatic heterocycles. The summed E-state index contributed by atoms with van der Waals surface area (Å²) in [4.78, 5) is 8.02. The molecule has 0 amide bonds. The lowest BCUT2D eigenvalue weighted by atomic mass is 10.1. The molecule has 0 radical (unpaired) electrons. The maximum absolute atomic E-state index is 10.4. The zero-order chi connectivity index (χ0) is 18.3. The van der Waals surface area contributed by atoms with Gasteiger partial charge in [0.15, 0.2) is 6.23 Å². The number of nitrogens with zero attached hydrogens (tertiary/aromatic N) is 3. The lowest BCUT2D eigenvalue weighted by molar-refractivity contribution is -0.0392. The van der Waals surface area contributed by atoms with E-state index < -0.39 is 24.5 Å². The molecule has 1 saturated heterocycles. The van der Waals surface area contributed by atoms with E-state index in [-0.39, 0.29) is 47.1 Å². The average molecular weight is 352 g/mol. The molecule has 1 fully saturated rings. The first-order valence-corrected chi connectivity index (χ1v) is 7.50. The van der Waals surface area contributed by atoms with E-state index in [1.165, 1.54) is 10.9 Å². The molecule has 12 nitrogen and oxygen atoms in total. The van der Waals surface area contributed by atoms with E-state index in [9.17, 15) is 10.2 Å². The summed E-state index contributed by atoms with van der Waals surface area (Å²) in [6, 6.07) is 0. The van der Waals surface area contributed by atoms with Crippen molar-refractivity contribution in [3.63, 3.8) is 0 Å². The Morgan fingerprint density at radius 2 is 2.08 bits per heavy atom. The maximum Gasteiger partial charge on any atom is 0.166 e. The molecule has 12 heteroatoms. The highest BCUT2D eigenvalue weighted by Crippen LogP contribution is 2.39. The summed E-state index contributed by atoms with van der Waals surface area (Å²) < 4.78 is 7.06. The molecule has 136 valence electrons. The molecule has 0 bridgehead atoms. The van der Waals surface area contributed by atoms with Crippen LogP contribution in [0.2, 0.25) is 0 Å². The van der Waals surface area contributed by atoms with Gasteiger partial charge in [-0.2, -0.15) is 0 Å². The minimum atomic E-state index is -1.32. The Labute approximate surface area is 141 Å². The topological polar surface area (TPSA) is 215 Å². The Balaban J connectivity index is 2.23. The fraction of sp³-hybridized carbons (Fsp3) is 0.462. The van der Waals surface area contributed by atoms with Crippen molar-refractivity contribution in [1.82, 2.24) is 14.5 Å². The number of hydrogen-bond acceptors (Lipinski definition) is 10. The number of nitrogens with one attached hydrogen (secondary N) is 2. The van der Waals surface area contributed by atoms with Gasteiger partial charge in [0.1, 0.15) is 41.7 Å². The fourth-order valence-corrected chi connectivity index (χ4v) is 3.12. The second kappa shape index (κ2) is 6.42. The van der Waals surface area contributed by atoms with Crippen LogP contribution in [-0.4, -0.2) is 60.6 Å². The zero-order valence-corrected chi connectivity index (χ0v) is 13.1. The number of aromatic nitrogens is 3. The van der Waals surface area contributed by atoms with Crippen molar-refractivity contribution >= 4 is 28.5 Å². The summed E-state index contributed by atoms with van der Waals surface area (Å²) >= 11 is 0. The van der Waals surface area contributed by atoms with Crippen LogP contribution in [0.15, 0.2) is 6.33 Å². The van der Waals surface area contributed by atoms with E-state index in [1.807, 2.05) is 0 Å². The van der Waals surface area contributed by atoms with Gasteiger partial charge in [0.05, 0.1) is 17.1 Å². The molecule has 0 aliphatic carbocycles. The molecule has 0 aromatic carbocycles. The number of fused-ring (bicyclic) bond motifs is 1. The van der Waals surface area contributed by atoms with Crippen molar-refractivity contribution in [1.29, 1.82) is 5.41 Å². The monoisotopic (exact) mass is 352 g/mol. The van der Waals surface area contributed by atoms with E-state index in [2.05, 4.69) is 15.4 Å². The smallest absolute Gasteiger partial charge is 0.166 e. The van der Waals surface area contributed by atoms with Crippen LogP contribution >= 0.6 is 0 Å². The lowest BCUT2D eigenvalue weighted by Gasteiger charge is -2.20. The summed E-state index contributed by atoms with van der Waals surface area (Å²) in [5.41, 5.74) is 14.4. The number of nitrogen functional groups attached to an aromatic ring is 3. The van der Waals surface area contributed by atoms with Crippen LogP contribution in [0.25, 0.3) is 11.0 Å². The van der Waals surface area contributed by atoms with Gasteiger partial charge in [0.25, 0.3) is 0 Å². The van der Waals surface area contributed by atoms with Gasteiger partial charge in [-0.25, -0.2) is 15.8 Å². The van der Waals surface area contributed by atoms with Gasteiger partial charge in [-0.15, -0.1) is 0 Å². The number of nitrogens with two attached hydrogens (primary N) is 3. The van der Waals surface area contributed by atoms with E-state index >= 15 is 0 Å². The van der Waals surface area contributed by atoms with E-state index in [0.29, 0.717) is 0 Å². The number of hydrazine groups is 1. The van der Waals surface area contributed by atoms with Gasteiger partial charge in [0, 0.05) is 6.61 Å². The highest BCUT2D eigenvalue weighted by Gasteiger charge is 2.45. The Morgan fingerprint density at radius 1 is 1.36 bits per heavy atom. The molecular formula is C13H20N8O4. The third-order valence-corrected chi connectivity index (χ3v) is 4.22. The number of amidine groups is 1. The highest BCUT2D eigenvalue weighted by atomic mass is 16.6. The molecular weight excluding hydrogens is 332 g/mol. The summed E-state index contributed by atoms with van der Waals surface area (Å²) in [6.45, 7) is -0.219. The number of aliphatic hydroxyl groups excluding tert-OH is 3. The molecule has 4 atom stereocenters. The second-order valence-corrected chi connectivity index (χ2v) is 5.67. The molecule has 0 unspecified atom stereocenters. The van der Waals surface area contributed by atoms with Gasteiger partial charge >= 0.3 is 0 Å². The van der Waals surface area contributed by atoms with Crippen molar-refractivity contribution < 1.29 is 20.1 Å². The molecule has 0 spiro atoms. The van der Waals surface area contributed by atoms with E-state index in [0.717, 1.165) is 0 Å². The number of ether oxygens (including phenoxy) is 1. The SMILES string of the molecule is N=C(N)c1c(NN)n([C@@H]2O[C@H](CCO)[C@@H](O)[C@H]2O)c2ncnc(N)c12. The van der Waals surface area contributed by atoms with Gasteiger partial charge in [0.2, 0.25) is 0 Å². The Bertz CT molecular complexity index is 809. The van der Waals surface area contributed by atoms with Gasteiger partial charge in [-0.3, -0.25) is 9.98 Å². The third kappa shape index (κ3) is 2.56. The molecule has 3 heterocycles. The normalized spacial score (nSPS) is 26.2. The summed E-state index contributed by atoms with van der Waals surface area (Å²) in [5, 5.41) is 37.7. The van der Waals surface area contributed by atoms with Crippen LogP contribution < -0.4 is 22.7 Å². The van der Waals surface area contributed by atoms with Gasteiger partial charge in [-0.1, -0.05) is 0 Å². The predicted octanol–water partition coefficient (Wildman–Crippen LogP) is -2.42. The van der Waals surface area contributed by atoms with Crippen LogP contribution in [0.4, 0.5) is 11.6 Å². The molecule has 2 aromatic rings. The van der Waals surface area contributed by atoms with Gasteiger partial charge < -0.3 is 36.9 Å². The Morgan fingerprint density at radius 3 is 2.68 bits per heavy atom. The second-order valence-electron chi connectivity index (χ2n) is 5.67. The Kier molecular flexibility index (Phi) is 4.45. The van der Waals surface area contributed by atoms with Crippen molar-refractivity contribution in [3.05, 3.63) is 11.9 Å². The lowest BCUT2D eigenvalue weighted by Crippen LogP contribution is -2.32. The summed E-state index contributed by atoms with van der Waals surface area (Å²) in [7, 11) is 0. The van der Waals surface area contributed by atoms with Crippen LogP contribution in [0.1, 0.15) is 18.2 Å². The number of aliphatic hydroxyl groups is 3. The molecule has 25 heavy (non-hydrogen) atoms. The number of hydrogen-bond donors (Lipinski definition) is 8. The first kappa shape index (κ1) is 17.3. The van der Waals surface area contributed by atoms with Crippen molar-refractivity contribution in [3.8, 4) is 0 Å². The molecule has 3 rings (SSSR count).